The third-order valence-corrected chi connectivity index (χ3v) is 4.37. The van der Waals surface area contributed by atoms with Crippen molar-refractivity contribution in [3.8, 4) is 0 Å². The number of ether oxygens (including phenoxy) is 1. The smallest absolute Gasteiger partial charge is 0.129 e. The summed E-state index contributed by atoms with van der Waals surface area (Å²) in [7, 11) is 0. The van der Waals surface area contributed by atoms with E-state index in [4.69, 9.17) is 9.15 Å². The maximum Gasteiger partial charge on any atom is 0.129 e. The highest BCUT2D eigenvalue weighted by atomic mass is 16.5. The zero-order valence-electron chi connectivity index (χ0n) is 12.9. The van der Waals surface area contributed by atoms with Crippen molar-refractivity contribution in [2.45, 2.75) is 58.6 Å². The first-order chi connectivity index (χ1) is 9.77. The molecule has 114 valence electrons. The number of hydrogen-bond acceptors (Lipinski definition) is 3. The highest BCUT2D eigenvalue weighted by Crippen LogP contribution is 2.30. The van der Waals surface area contributed by atoms with Gasteiger partial charge >= 0.3 is 0 Å². The highest BCUT2D eigenvalue weighted by molar-refractivity contribution is 4.95. The second-order valence-corrected chi connectivity index (χ2v) is 6.24. The van der Waals surface area contributed by atoms with Gasteiger partial charge in [0.15, 0.2) is 0 Å². The highest BCUT2D eigenvalue weighted by Gasteiger charge is 2.26. The van der Waals surface area contributed by atoms with Crippen LogP contribution in [0.1, 0.15) is 51.7 Å². The predicted octanol–water partition coefficient (Wildman–Crippen LogP) is 3.99. The minimum atomic E-state index is 0.588. The van der Waals surface area contributed by atoms with Gasteiger partial charge in [-0.15, -0.1) is 0 Å². The van der Waals surface area contributed by atoms with Gasteiger partial charge in [0.05, 0.1) is 6.26 Å². The number of hydrogen-bond donors (Lipinski definition) is 1. The van der Waals surface area contributed by atoms with Crippen LogP contribution in [-0.4, -0.2) is 19.2 Å². The van der Waals surface area contributed by atoms with E-state index in [0.29, 0.717) is 12.6 Å². The molecule has 1 aliphatic rings. The van der Waals surface area contributed by atoms with Gasteiger partial charge in [-0.25, -0.2) is 0 Å². The first kappa shape index (κ1) is 15.6. The van der Waals surface area contributed by atoms with E-state index >= 15 is 0 Å². The molecule has 0 aromatic carbocycles. The van der Waals surface area contributed by atoms with E-state index in [1.807, 2.05) is 12.1 Å². The molecule has 1 aromatic rings. The van der Waals surface area contributed by atoms with Crippen LogP contribution >= 0.6 is 0 Å². The Kier molecular flexibility index (Phi) is 6.61. The molecule has 0 spiro atoms. The molecule has 0 amide bonds. The Labute approximate surface area is 123 Å². The van der Waals surface area contributed by atoms with Crippen LogP contribution in [0.2, 0.25) is 0 Å². The molecule has 20 heavy (non-hydrogen) atoms. The Balaban J connectivity index is 1.55. The molecule has 1 aromatic heterocycles. The Morgan fingerprint density at radius 1 is 1.35 bits per heavy atom. The second-order valence-electron chi connectivity index (χ2n) is 6.24. The second kappa shape index (κ2) is 8.48. The maximum absolute atomic E-state index is 5.61. The van der Waals surface area contributed by atoms with Crippen LogP contribution in [0.5, 0.6) is 0 Å². The molecule has 2 rings (SSSR count). The molecule has 1 saturated carbocycles. The molecule has 0 saturated heterocycles. The average Bonchev–Trinajstić information content (AvgIpc) is 2.96. The monoisotopic (exact) mass is 279 g/mol. The van der Waals surface area contributed by atoms with Crippen molar-refractivity contribution in [1.29, 1.82) is 0 Å². The van der Waals surface area contributed by atoms with Gasteiger partial charge in [-0.05, 0) is 49.8 Å². The van der Waals surface area contributed by atoms with Crippen LogP contribution in [0, 0.1) is 11.8 Å². The lowest BCUT2D eigenvalue weighted by atomic mass is 9.78. The van der Waals surface area contributed by atoms with Crippen LogP contribution in [0.3, 0.4) is 0 Å². The third kappa shape index (κ3) is 4.95. The van der Waals surface area contributed by atoms with Crippen LogP contribution in [0.4, 0.5) is 0 Å². The topological polar surface area (TPSA) is 34.4 Å². The van der Waals surface area contributed by atoms with Gasteiger partial charge in [0.1, 0.15) is 12.4 Å². The molecule has 2 atom stereocenters. The molecule has 1 aliphatic carbocycles. The van der Waals surface area contributed by atoms with E-state index < -0.39 is 0 Å². The summed E-state index contributed by atoms with van der Waals surface area (Å²) in [6.07, 6.45) is 8.29. The molecular formula is C17H29NO2. The van der Waals surface area contributed by atoms with Crippen LogP contribution in [0.15, 0.2) is 22.8 Å². The van der Waals surface area contributed by atoms with Gasteiger partial charge in [-0.1, -0.05) is 26.7 Å². The van der Waals surface area contributed by atoms with Crippen molar-refractivity contribution in [2.24, 2.45) is 11.8 Å². The summed E-state index contributed by atoms with van der Waals surface area (Å²) in [4.78, 5) is 0. The lowest BCUT2D eigenvalue weighted by Crippen LogP contribution is -2.41. The molecule has 3 nitrogen and oxygen atoms in total. The molecule has 0 radical (unpaired) electrons. The molecule has 1 heterocycles. The largest absolute Gasteiger partial charge is 0.467 e. The molecule has 1 fully saturated rings. The SMILES string of the molecule is CC(C)C1CCCCC1NCCCOCc1ccco1. The van der Waals surface area contributed by atoms with Crippen molar-refractivity contribution in [3.05, 3.63) is 24.2 Å². The van der Waals surface area contributed by atoms with Gasteiger partial charge in [-0.3, -0.25) is 0 Å². The fourth-order valence-electron chi connectivity index (χ4n) is 3.24. The van der Waals surface area contributed by atoms with E-state index in [2.05, 4.69) is 19.2 Å². The van der Waals surface area contributed by atoms with E-state index in [1.54, 1.807) is 6.26 Å². The summed E-state index contributed by atoms with van der Waals surface area (Å²) in [5.74, 6) is 2.56. The number of furan rings is 1. The Hall–Kier alpha value is -0.800. The average molecular weight is 279 g/mol. The lowest BCUT2D eigenvalue weighted by molar-refractivity contribution is 0.102. The summed E-state index contributed by atoms with van der Waals surface area (Å²) >= 11 is 0. The van der Waals surface area contributed by atoms with Gasteiger partial charge < -0.3 is 14.5 Å². The Morgan fingerprint density at radius 2 is 2.20 bits per heavy atom. The quantitative estimate of drug-likeness (QED) is 0.731. The van der Waals surface area contributed by atoms with Crippen LogP contribution in [0.25, 0.3) is 0 Å². The third-order valence-electron chi connectivity index (χ3n) is 4.37. The maximum atomic E-state index is 5.61. The number of rotatable bonds is 8. The summed E-state index contributed by atoms with van der Waals surface area (Å²) in [5, 5.41) is 3.74. The van der Waals surface area contributed by atoms with Crippen molar-refractivity contribution in [3.63, 3.8) is 0 Å². The summed E-state index contributed by atoms with van der Waals surface area (Å²) in [5.41, 5.74) is 0. The minimum absolute atomic E-state index is 0.588. The normalized spacial score (nSPS) is 23.4. The van der Waals surface area contributed by atoms with Crippen molar-refractivity contribution >= 4 is 0 Å². The van der Waals surface area contributed by atoms with Crippen LogP contribution in [-0.2, 0) is 11.3 Å². The first-order valence-corrected chi connectivity index (χ1v) is 8.11. The Bertz CT molecular complexity index is 348. The standard InChI is InChI=1S/C17H29NO2/c1-14(2)16-8-3-4-9-17(16)18-10-6-11-19-13-15-7-5-12-20-15/h5,7,12,14,16-18H,3-4,6,8-11,13H2,1-2H3. The van der Waals surface area contributed by atoms with Crippen LogP contribution < -0.4 is 5.32 Å². The predicted molar refractivity (Wildman–Crippen MR) is 81.6 cm³/mol. The van der Waals surface area contributed by atoms with E-state index in [1.165, 1.54) is 25.7 Å². The molecule has 2 unspecified atom stereocenters. The lowest BCUT2D eigenvalue weighted by Gasteiger charge is -2.35. The zero-order valence-corrected chi connectivity index (χ0v) is 12.9. The van der Waals surface area contributed by atoms with Gasteiger partial charge in [0.2, 0.25) is 0 Å². The zero-order chi connectivity index (χ0) is 14.2. The summed E-state index contributed by atoms with van der Waals surface area (Å²) in [6.45, 7) is 7.16. The van der Waals surface area contributed by atoms with Gasteiger partial charge in [-0.2, -0.15) is 0 Å². The fraction of sp³-hybridized carbons (Fsp3) is 0.765. The molecule has 3 heteroatoms. The fourth-order valence-corrected chi connectivity index (χ4v) is 3.24. The van der Waals surface area contributed by atoms with Gasteiger partial charge in [0.25, 0.3) is 0 Å². The van der Waals surface area contributed by atoms with Crippen molar-refractivity contribution in [1.82, 2.24) is 5.32 Å². The summed E-state index contributed by atoms with van der Waals surface area (Å²) < 4.78 is 10.8. The van der Waals surface area contributed by atoms with Crippen molar-refractivity contribution in [2.75, 3.05) is 13.2 Å². The molecular weight excluding hydrogens is 250 g/mol. The Morgan fingerprint density at radius 3 is 2.95 bits per heavy atom. The molecule has 0 aliphatic heterocycles. The number of nitrogens with one attached hydrogen (secondary N) is 1. The minimum Gasteiger partial charge on any atom is -0.467 e. The van der Waals surface area contributed by atoms with E-state index in [9.17, 15) is 0 Å². The summed E-state index contributed by atoms with van der Waals surface area (Å²) in [6, 6.07) is 4.57. The van der Waals surface area contributed by atoms with E-state index in [0.717, 1.165) is 37.2 Å². The van der Waals surface area contributed by atoms with Crippen molar-refractivity contribution < 1.29 is 9.15 Å². The molecule has 0 bridgehead atoms. The molecule has 1 N–H and O–H groups in total. The first-order valence-electron chi connectivity index (χ1n) is 8.11. The van der Waals surface area contributed by atoms with Gasteiger partial charge in [0, 0.05) is 12.6 Å². The van der Waals surface area contributed by atoms with E-state index in [-0.39, 0.29) is 0 Å².